The molecule has 1 heterocycles. The third-order valence-corrected chi connectivity index (χ3v) is 2.51. The van der Waals surface area contributed by atoms with Gasteiger partial charge in [-0.05, 0) is 31.5 Å². The van der Waals surface area contributed by atoms with Crippen molar-refractivity contribution in [2.75, 3.05) is 18.7 Å². The Kier molecular flexibility index (Phi) is 3.82. The van der Waals surface area contributed by atoms with Gasteiger partial charge in [-0.25, -0.2) is 0 Å². The number of ether oxygens (including phenoxy) is 2. The molecule has 0 radical (unpaired) electrons. The van der Waals surface area contributed by atoms with Crippen LogP contribution in [0.2, 0.25) is 0 Å². The van der Waals surface area contributed by atoms with E-state index in [-0.39, 0.29) is 12.7 Å². The van der Waals surface area contributed by atoms with Crippen LogP contribution in [0.1, 0.15) is 19.3 Å². The number of carbonyl (C=O) groups is 1. The molecule has 0 saturated carbocycles. The van der Waals surface area contributed by atoms with Gasteiger partial charge in [0.15, 0.2) is 11.5 Å². The molecule has 1 aliphatic rings. The molecule has 0 fully saturated rings. The van der Waals surface area contributed by atoms with Crippen LogP contribution in [0, 0.1) is 0 Å². The van der Waals surface area contributed by atoms with Crippen molar-refractivity contribution in [2.45, 2.75) is 19.3 Å². The molecule has 1 aromatic rings. The maximum absolute atomic E-state index is 11.6. The Hall–Kier alpha value is -1.75. The molecular weight excluding hydrogens is 220 g/mol. The van der Waals surface area contributed by atoms with Crippen molar-refractivity contribution in [2.24, 2.45) is 5.73 Å². The number of benzene rings is 1. The molecule has 0 atom stereocenters. The predicted molar refractivity (Wildman–Crippen MR) is 64.1 cm³/mol. The number of fused-ring (bicyclic) bond motifs is 1. The second kappa shape index (κ2) is 5.54. The van der Waals surface area contributed by atoms with E-state index in [9.17, 15) is 4.79 Å². The number of nitrogens with two attached hydrogens (primary N) is 1. The SMILES string of the molecule is NCCCCC(=O)Nc1ccc2c(c1)OCO2. The molecule has 1 aromatic carbocycles. The highest BCUT2D eigenvalue weighted by molar-refractivity contribution is 5.91. The quantitative estimate of drug-likeness (QED) is 0.759. The van der Waals surface area contributed by atoms with Gasteiger partial charge in [0.05, 0.1) is 0 Å². The molecule has 0 aromatic heterocycles. The standard InChI is InChI=1S/C12H16N2O3/c13-6-2-1-3-12(15)14-9-4-5-10-11(7-9)17-8-16-10/h4-5,7H,1-3,6,8,13H2,(H,14,15). The molecule has 92 valence electrons. The van der Waals surface area contributed by atoms with Crippen molar-refractivity contribution in [3.05, 3.63) is 18.2 Å². The third kappa shape index (κ3) is 3.10. The fourth-order valence-corrected chi connectivity index (χ4v) is 1.63. The Morgan fingerprint density at radius 3 is 2.94 bits per heavy atom. The number of anilines is 1. The summed E-state index contributed by atoms with van der Waals surface area (Å²) in [5.74, 6) is 1.38. The maximum Gasteiger partial charge on any atom is 0.231 e. The van der Waals surface area contributed by atoms with Crippen molar-refractivity contribution >= 4 is 11.6 Å². The van der Waals surface area contributed by atoms with Gasteiger partial charge in [0.2, 0.25) is 12.7 Å². The molecule has 0 spiro atoms. The van der Waals surface area contributed by atoms with Crippen LogP contribution in [0.25, 0.3) is 0 Å². The van der Waals surface area contributed by atoms with Crippen LogP contribution in [-0.2, 0) is 4.79 Å². The van der Waals surface area contributed by atoms with Crippen LogP contribution in [0.15, 0.2) is 18.2 Å². The molecule has 3 N–H and O–H groups in total. The first kappa shape index (κ1) is 11.7. The van der Waals surface area contributed by atoms with Gasteiger partial charge in [-0.1, -0.05) is 0 Å². The molecule has 0 unspecified atom stereocenters. The topological polar surface area (TPSA) is 73.6 Å². The van der Waals surface area contributed by atoms with Gasteiger partial charge >= 0.3 is 0 Å². The predicted octanol–water partition coefficient (Wildman–Crippen LogP) is 1.48. The number of rotatable bonds is 5. The maximum atomic E-state index is 11.6. The van der Waals surface area contributed by atoms with Gasteiger partial charge in [0, 0.05) is 18.2 Å². The van der Waals surface area contributed by atoms with E-state index in [2.05, 4.69) is 5.32 Å². The Balaban J connectivity index is 1.88. The van der Waals surface area contributed by atoms with Gasteiger partial charge in [0.25, 0.3) is 0 Å². The van der Waals surface area contributed by atoms with E-state index in [0.717, 1.165) is 18.5 Å². The van der Waals surface area contributed by atoms with Crippen LogP contribution in [0.5, 0.6) is 11.5 Å². The first-order chi connectivity index (χ1) is 8.29. The van der Waals surface area contributed by atoms with Crippen LogP contribution in [-0.4, -0.2) is 19.2 Å². The summed E-state index contributed by atoms with van der Waals surface area (Å²) in [6, 6.07) is 5.36. The summed E-state index contributed by atoms with van der Waals surface area (Å²) in [6.07, 6.45) is 2.17. The summed E-state index contributed by atoms with van der Waals surface area (Å²) in [7, 11) is 0. The minimum atomic E-state index is -0.00249. The van der Waals surface area contributed by atoms with Crippen LogP contribution in [0.3, 0.4) is 0 Å². The minimum Gasteiger partial charge on any atom is -0.454 e. The number of unbranched alkanes of at least 4 members (excludes halogenated alkanes) is 1. The lowest BCUT2D eigenvalue weighted by Gasteiger charge is -2.05. The Bertz CT molecular complexity index is 407. The summed E-state index contributed by atoms with van der Waals surface area (Å²) in [4.78, 5) is 11.6. The second-order valence-corrected chi connectivity index (χ2v) is 3.86. The van der Waals surface area contributed by atoms with E-state index < -0.39 is 0 Å². The van der Waals surface area contributed by atoms with Crippen molar-refractivity contribution < 1.29 is 14.3 Å². The molecule has 1 aliphatic heterocycles. The molecule has 0 bridgehead atoms. The Labute approximate surface area is 99.9 Å². The normalized spacial score (nSPS) is 12.5. The molecule has 1 amide bonds. The number of nitrogens with one attached hydrogen (secondary N) is 1. The van der Waals surface area contributed by atoms with E-state index in [1.165, 1.54) is 0 Å². The average molecular weight is 236 g/mol. The number of carbonyl (C=O) groups excluding carboxylic acids is 1. The lowest BCUT2D eigenvalue weighted by Crippen LogP contribution is -2.11. The fourth-order valence-electron chi connectivity index (χ4n) is 1.63. The molecule has 17 heavy (non-hydrogen) atoms. The van der Waals surface area contributed by atoms with E-state index in [4.69, 9.17) is 15.2 Å². The highest BCUT2D eigenvalue weighted by Gasteiger charge is 2.13. The van der Waals surface area contributed by atoms with E-state index >= 15 is 0 Å². The molecule has 0 saturated heterocycles. The van der Waals surface area contributed by atoms with E-state index in [1.807, 2.05) is 0 Å². The van der Waals surface area contributed by atoms with Gasteiger partial charge < -0.3 is 20.5 Å². The average Bonchev–Trinajstić information content (AvgIpc) is 2.76. The highest BCUT2D eigenvalue weighted by Crippen LogP contribution is 2.34. The fraction of sp³-hybridized carbons (Fsp3) is 0.417. The minimum absolute atomic E-state index is 0.00249. The Morgan fingerprint density at radius 2 is 2.12 bits per heavy atom. The number of hydrogen-bond donors (Lipinski definition) is 2. The third-order valence-electron chi connectivity index (χ3n) is 2.51. The molecular formula is C12H16N2O3. The summed E-state index contributed by atoms with van der Waals surface area (Å²) >= 11 is 0. The zero-order chi connectivity index (χ0) is 12.1. The van der Waals surface area contributed by atoms with Crippen LogP contribution < -0.4 is 20.5 Å². The summed E-state index contributed by atoms with van der Waals surface area (Å²) in [6.45, 7) is 0.862. The molecule has 5 nitrogen and oxygen atoms in total. The van der Waals surface area contributed by atoms with Crippen molar-refractivity contribution in [3.63, 3.8) is 0 Å². The molecule has 2 rings (SSSR count). The van der Waals surface area contributed by atoms with E-state index in [1.54, 1.807) is 18.2 Å². The summed E-state index contributed by atoms with van der Waals surface area (Å²) < 4.78 is 10.4. The van der Waals surface area contributed by atoms with Crippen molar-refractivity contribution in [1.82, 2.24) is 0 Å². The largest absolute Gasteiger partial charge is 0.454 e. The van der Waals surface area contributed by atoms with Crippen LogP contribution in [0.4, 0.5) is 5.69 Å². The summed E-state index contributed by atoms with van der Waals surface area (Å²) in [5.41, 5.74) is 6.10. The zero-order valence-corrected chi connectivity index (χ0v) is 9.57. The summed E-state index contributed by atoms with van der Waals surface area (Å²) in [5, 5.41) is 2.82. The lowest BCUT2D eigenvalue weighted by molar-refractivity contribution is -0.116. The monoisotopic (exact) mass is 236 g/mol. The first-order valence-corrected chi connectivity index (χ1v) is 5.69. The van der Waals surface area contributed by atoms with Gasteiger partial charge in [-0.3, -0.25) is 4.79 Å². The zero-order valence-electron chi connectivity index (χ0n) is 9.57. The second-order valence-electron chi connectivity index (χ2n) is 3.86. The van der Waals surface area contributed by atoms with Crippen LogP contribution >= 0.6 is 0 Å². The molecule has 0 aliphatic carbocycles. The van der Waals surface area contributed by atoms with Gasteiger partial charge in [-0.2, -0.15) is 0 Å². The number of amides is 1. The Morgan fingerprint density at radius 1 is 1.29 bits per heavy atom. The highest BCUT2D eigenvalue weighted by atomic mass is 16.7. The van der Waals surface area contributed by atoms with Crippen molar-refractivity contribution in [3.8, 4) is 11.5 Å². The lowest BCUT2D eigenvalue weighted by atomic mass is 10.2. The van der Waals surface area contributed by atoms with E-state index in [0.29, 0.717) is 24.5 Å². The van der Waals surface area contributed by atoms with Gasteiger partial charge in [-0.15, -0.1) is 0 Å². The van der Waals surface area contributed by atoms with Crippen molar-refractivity contribution in [1.29, 1.82) is 0 Å². The smallest absolute Gasteiger partial charge is 0.231 e. The number of hydrogen-bond acceptors (Lipinski definition) is 4. The first-order valence-electron chi connectivity index (χ1n) is 5.69. The van der Waals surface area contributed by atoms with Gasteiger partial charge in [0.1, 0.15) is 0 Å². The molecule has 5 heteroatoms.